The van der Waals surface area contributed by atoms with Crippen molar-refractivity contribution in [3.05, 3.63) is 36.2 Å². The number of benzene rings is 1. The van der Waals surface area contributed by atoms with Crippen LogP contribution in [0, 0.1) is 18.3 Å². The first-order valence-electron chi connectivity index (χ1n) is 9.68. The summed E-state index contributed by atoms with van der Waals surface area (Å²) in [6.07, 6.45) is 13.1. The molecule has 0 saturated carbocycles. The molecule has 27 heavy (non-hydrogen) atoms. The highest BCUT2D eigenvalue weighted by atomic mass is 16.5. The van der Waals surface area contributed by atoms with Gasteiger partial charge in [0.15, 0.2) is 0 Å². The molecule has 2 aliphatic rings. The van der Waals surface area contributed by atoms with E-state index in [-0.39, 0.29) is 6.10 Å². The first-order valence-corrected chi connectivity index (χ1v) is 9.68. The molecule has 2 aliphatic heterocycles. The van der Waals surface area contributed by atoms with Gasteiger partial charge in [-0.2, -0.15) is 5.10 Å². The number of methoxy groups -OCH3 is 1. The van der Waals surface area contributed by atoms with Crippen molar-refractivity contribution in [2.45, 2.75) is 44.9 Å². The second-order valence-electron chi connectivity index (χ2n) is 7.67. The maximum atomic E-state index is 5.79. The van der Waals surface area contributed by atoms with Crippen LogP contribution in [0.3, 0.4) is 0 Å². The minimum Gasteiger partial charge on any atom is -0.497 e. The molecule has 5 nitrogen and oxygen atoms in total. The molecule has 1 fully saturated rings. The van der Waals surface area contributed by atoms with E-state index in [4.69, 9.17) is 15.9 Å². The molecule has 3 heterocycles. The van der Waals surface area contributed by atoms with Crippen LogP contribution in [-0.4, -0.2) is 47.1 Å². The summed E-state index contributed by atoms with van der Waals surface area (Å²) in [5, 5.41) is 5.74. The Labute approximate surface area is 160 Å². The van der Waals surface area contributed by atoms with Crippen LogP contribution in [0.2, 0.25) is 0 Å². The van der Waals surface area contributed by atoms with Crippen molar-refractivity contribution in [1.82, 2.24) is 14.7 Å². The Hall–Kier alpha value is -2.45. The van der Waals surface area contributed by atoms with Crippen molar-refractivity contribution >= 4 is 10.9 Å². The Morgan fingerprint density at radius 1 is 1.37 bits per heavy atom. The van der Waals surface area contributed by atoms with Gasteiger partial charge >= 0.3 is 0 Å². The minimum atomic E-state index is 0.272. The summed E-state index contributed by atoms with van der Waals surface area (Å²) in [7, 11) is 1.70. The normalized spacial score (nSPS) is 22.6. The van der Waals surface area contributed by atoms with E-state index in [9.17, 15) is 0 Å². The fourth-order valence-electron chi connectivity index (χ4n) is 4.37. The molecule has 5 heteroatoms. The Bertz CT molecular complexity index is 879. The molecular formula is C22H27N3O2. The number of nitrogens with zero attached hydrogens (tertiary/aromatic N) is 3. The Kier molecular flexibility index (Phi) is 5.09. The van der Waals surface area contributed by atoms with Gasteiger partial charge in [0.25, 0.3) is 0 Å². The molecule has 142 valence electrons. The van der Waals surface area contributed by atoms with E-state index in [0.717, 1.165) is 49.0 Å². The molecule has 0 unspecified atom stereocenters. The molecule has 3 atom stereocenters. The summed E-state index contributed by atoms with van der Waals surface area (Å²) in [4.78, 5) is 2.58. The predicted molar refractivity (Wildman–Crippen MR) is 106 cm³/mol. The fourth-order valence-corrected chi connectivity index (χ4v) is 4.37. The zero-order valence-electron chi connectivity index (χ0n) is 16.1. The summed E-state index contributed by atoms with van der Waals surface area (Å²) in [6, 6.07) is 6.66. The van der Waals surface area contributed by atoms with Gasteiger partial charge in [-0.3, -0.25) is 4.68 Å². The summed E-state index contributed by atoms with van der Waals surface area (Å²) in [5.41, 5.74) is 2.55. The van der Waals surface area contributed by atoms with E-state index in [1.165, 1.54) is 5.70 Å². The van der Waals surface area contributed by atoms with Gasteiger partial charge < -0.3 is 14.4 Å². The van der Waals surface area contributed by atoms with E-state index in [1.54, 1.807) is 7.11 Å². The lowest BCUT2D eigenvalue weighted by molar-refractivity contribution is 0.0231. The van der Waals surface area contributed by atoms with Crippen molar-refractivity contribution < 1.29 is 9.47 Å². The van der Waals surface area contributed by atoms with E-state index >= 15 is 0 Å². The molecule has 0 spiro atoms. The standard InChI is InChI=1S/C22H27N3O2/c1-4-9-27-21-10-18-6-7-19(11-21)24(18)14-16(2)15-25-22-12-20(26-3)8-5-17(22)13-23-25/h1,5-6,8,12-13,16,19,21H,7,9-11,14-15H2,2-3H3/t16-,19-,21-/m1/s1. The van der Waals surface area contributed by atoms with Gasteiger partial charge in [-0.05, 0) is 30.9 Å². The van der Waals surface area contributed by atoms with E-state index in [2.05, 4.69) is 45.7 Å². The first-order chi connectivity index (χ1) is 13.2. The van der Waals surface area contributed by atoms with Crippen molar-refractivity contribution in [2.24, 2.45) is 5.92 Å². The zero-order valence-corrected chi connectivity index (χ0v) is 16.1. The summed E-state index contributed by atoms with van der Waals surface area (Å²) >= 11 is 0. The second-order valence-corrected chi connectivity index (χ2v) is 7.67. The SMILES string of the molecule is C#CCO[C@@H]1CC2=CC[C@H](C1)N2C[C@@H](C)Cn1ncc2ccc(OC)cc21. The van der Waals surface area contributed by atoms with Crippen LogP contribution in [-0.2, 0) is 11.3 Å². The smallest absolute Gasteiger partial charge is 0.121 e. The van der Waals surface area contributed by atoms with Gasteiger partial charge in [0.2, 0.25) is 0 Å². The topological polar surface area (TPSA) is 39.5 Å². The molecule has 0 radical (unpaired) electrons. The first kappa shape index (κ1) is 17.9. The van der Waals surface area contributed by atoms with Crippen molar-refractivity contribution in [3.63, 3.8) is 0 Å². The number of fused-ring (bicyclic) bond motifs is 3. The van der Waals surface area contributed by atoms with E-state index in [0.29, 0.717) is 18.6 Å². The highest BCUT2D eigenvalue weighted by molar-refractivity contribution is 5.80. The van der Waals surface area contributed by atoms with Gasteiger partial charge in [0.05, 0.1) is 24.9 Å². The molecule has 1 aromatic carbocycles. The van der Waals surface area contributed by atoms with Crippen molar-refractivity contribution in [1.29, 1.82) is 0 Å². The molecule has 0 amide bonds. The van der Waals surface area contributed by atoms with Crippen molar-refractivity contribution in [2.75, 3.05) is 20.3 Å². The maximum absolute atomic E-state index is 5.79. The molecule has 1 aromatic heterocycles. The lowest BCUT2D eigenvalue weighted by atomic mass is 9.99. The molecule has 0 N–H and O–H groups in total. The summed E-state index contributed by atoms with van der Waals surface area (Å²) < 4.78 is 13.3. The lowest BCUT2D eigenvalue weighted by Gasteiger charge is -2.39. The maximum Gasteiger partial charge on any atom is 0.121 e. The zero-order chi connectivity index (χ0) is 18.8. The predicted octanol–water partition coefficient (Wildman–Crippen LogP) is 3.45. The molecule has 1 saturated heterocycles. The van der Waals surface area contributed by atoms with Crippen molar-refractivity contribution in [3.8, 4) is 18.1 Å². The third-order valence-electron chi connectivity index (χ3n) is 5.65. The summed E-state index contributed by atoms with van der Waals surface area (Å²) in [5.74, 6) is 3.94. The van der Waals surface area contributed by atoms with Crippen LogP contribution < -0.4 is 4.74 Å². The van der Waals surface area contributed by atoms with Gasteiger partial charge in [-0.1, -0.05) is 18.9 Å². The van der Waals surface area contributed by atoms with Crippen LogP contribution in [0.4, 0.5) is 0 Å². The largest absolute Gasteiger partial charge is 0.497 e. The number of hydrogen-bond donors (Lipinski definition) is 0. The molecule has 0 aliphatic carbocycles. The number of terminal acetylenes is 1. The highest BCUT2D eigenvalue weighted by Gasteiger charge is 2.35. The van der Waals surface area contributed by atoms with Gasteiger partial charge in [-0.15, -0.1) is 6.42 Å². The number of hydrogen-bond acceptors (Lipinski definition) is 4. The van der Waals surface area contributed by atoms with Crippen LogP contribution in [0.25, 0.3) is 10.9 Å². The average molecular weight is 365 g/mol. The van der Waals surface area contributed by atoms with E-state index < -0.39 is 0 Å². The second kappa shape index (κ2) is 7.66. The molecular weight excluding hydrogens is 338 g/mol. The van der Waals surface area contributed by atoms with Crippen LogP contribution in [0.5, 0.6) is 5.75 Å². The van der Waals surface area contributed by atoms with Gasteiger partial charge in [0, 0.05) is 42.7 Å². The van der Waals surface area contributed by atoms with Crippen LogP contribution in [0.1, 0.15) is 26.2 Å². The summed E-state index contributed by atoms with van der Waals surface area (Å²) in [6.45, 7) is 4.65. The van der Waals surface area contributed by atoms with Crippen LogP contribution >= 0.6 is 0 Å². The van der Waals surface area contributed by atoms with Crippen LogP contribution in [0.15, 0.2) is 36.2 Å². The number of ether oxygens (including phenoxy) is 2. The van der Waals surface area contributed by atoms with Gasteiger partial charge in [0.1, 0.15) is 12.4 Å². The Morgan fingerprint density at radius 3 is 3.04 bits per heavy atom. The average Bonchev–Trinajstić information content (AvgIpc) is 3.16. The van der Waals surface area contributed by atoms with Gasteiger partial charge in [-0.25, -0.2) is 0 Å². The molecule has 2 aromatic rings. The Morgan fingerprint density at radius 2 is 2.26 bits per heavy atom. The monoisotopic (exact) mass is 365 g/mol. The lowest BCUT2D eigenvalue weighted by Crippen LogP contribution is -2.42. The Balaban J connectivity index is 1.40. The third-order valence-corrected chi connectivity index (χ3v) is 5.65. The third kappa shape index (κ3) is 3.68. The highest BCUT2D eigenvalue weighted by Crippen LogP contribution is 2.36. The minimum absolute atomic E-state index is 0.272. The fraction of sp³-hybridized carbons (Fsp3) is 0.500. The quantitative estimate of drug-likeness (QED) is 0.705. The molecule has 4 rings (SSSR count). The van der Waals surface area contributed by atoms with E-state index in [1.807, 2.05) is 12.3 Å². The number of rotatable bonds is 7. The molecule has 2 bridgehead atoms. The number of piperidine rings is 1. The number of aromatic nitrogens is 2.